The Bertz CT molecular complexity index is 298. The van der Waals surface area contributed by atoms with E-state index in [1.807, 2.05) is 0 Å². The Morgan fingerprint density at radius 1 is 1.73 bits per heavy atom. The van der Waals surface area contributed by atoms with Crippen molar-refractivity contribution in [3.05, 3.63) is 22.3 Å². The van der Waals surface area contributed by atoms with Crippen LogP contribution in [-0.2, 0) is 4.79 Å². The first-order chi connectivity index (χ1) is 7.02. The molecule has 15 heavy (non-hydrogen) atoms. The third-order valence-electron chi connectivity index (χ3n) is 1.54. The predicted octanol–water partition coefficient (Wildman–Crippen LogP) is 0.174. The number of carbonyl (C=O) groups excluding carboxylic acids is 1. The fourth-order valence-corrected chi connectivity index (χ4v) is 0.706. The van der Waals surface area contributed by atoms with Gasteiger partial charge in [-0.05, 0) is 19.1 Å². The van der Waals surface area contributed by atoms with Crippen molar-refractivity contribution in [3.8, 4) is 0 Å². The van der Waals surface area contributed by atoms with E-state index in [0.29, 0.717) is 6.54 Å². The fourth-order valence-electron chi connectivity index (χ4n) is 0.706. The van der Waals surface area contributed by atoms with Crippen molar-refractivity contribution < 1.29 is 14.9 Å². The van der Waals surface area contributed by atoms with E-state index in [1.54, 1.807) is 6.92 Å². The smallest absolute Gasteiger partial charge is 0.273 e. The lowest BCUT2D eigenvalue weighted by Crippen LogP contribution is -2.30. The van der Waals surface area contributed by atoms with Crippen molar-refractivity contribution in [2.75, 3.05) is 6.54 Å². The van der Waals surface area contributed by atoms with Gasteiger partial charge in [-0.15, -0.1) is 0 Å². The largest absolute Gasteiger partial charge is 0.410 e. The van der Waals surface area contributed by atoms with E-state index in [-0.39, 0.29) is 5.71 Å². The molecule has 0 aromatic rings. The number of hydrogen-bond donors (Lipinski definition) is 2. The zero-order valence-corrected chi connectivity index (χ0v) is 8.51. The lowest BCUT2D eigenvalue weighted by atomic mass is 10.2. The highest BCUT2D eigenvalue weighted by Gasteiger charge is 2.11. The average Bonchev–Trinajstić information content (AvgIpc) is 2.18. The zero-order valence-electron chi connectivity index (χ0n) is 8.51. The summed E-state index contributed by atoms with van der Waals surface area (Å²) in [6.45, 7) is 3.44. The van der Waals surface area contributed by atoms with Crippen molar-refractivity contribution in [2.45, 2.75) is 19.9 Å². The lowest BCUT2D eigenvalue weighted by molar-refractivity contribution is -0.504. The first kappa shape index (κ1) is 13.1. The number of rotatable bonds is 5. The number of nitrogens with one attached hydrogen (secondary N) is 1. The molecule has 0 radical (unpaired) electrons. The van der Waals surface area contributed by atoms with Crippen molar-refractivity contribution in [2.24, 2.45) is 5.16 Å². The van der Waals surface area contributed by atoms with Gasteiger partial charge in [0.15, 0.2) is 5.71 Å². The van der Waals surface area contributed by atoms with Crippen LogP contribution in [0.2, 0.25) is 0 Å². The minimum absolute atomic E-state index is 0.259. The molecule has 0 aromatic heterocycles. The summed E-state index contributed by atoms with van der Waals surface area (Å²) in [6.07, 6.45) is 2.28. The van der Waals surface area contributed by atoms with E-state index >= 15 is 0 Å². The van der Waals surface area contributed by atoms with Gasteiger partial charge in [-0.3, -0.25) is 14.9 Å². The molecule has 0 rings (SSSR count). The summed E-state index contributed by atoms with van der Waals surface area (Å²) in [5, 5.41) is 23.9. The Balaban J connectivity index is 4.47. The molecule has 0 saturated carbocycles. The van der Waals surface area contributed by atoms with Crippen molar-refractivity contribution >= 4 is 11.6 Å². The van der Waals surface area contributed by atoms with Crippen LogP contribution in [0.5, 0.6) is 0 Å². The summed E-state index contributed by atoms with van der Waals surface area (Å²) in [5.74, 6) is -0.577. The number of nitrogens with zero attached hydrogens (tertiary/aromatic N) is 2. The third-order valence-corrected chi connectivity index (χ3v) is 1.54. The first-order valence-electron chi connectivity index (χ1n) is 4.34. The summed E-state index contributed by atoms with van der Waals surface area (Å²) >= 11 is 0. The van der Waals surface area contributed by atoms with Crippen LogP contribution in [0, 0.1) is 10.1 Å². The Hall–Kier alpha value is -1.92. The van der Waals surface area contributed by atoms with Crippen LogP contribution in [0.25, 0.3) is 0 Å². The molecule has 0 aromatic carbocycles. The molecule has 7 nitrogen and oxygen atoms in total. The van der Waals surface area contributed by atoms with E-state index in [2.05, 4.69) is 10.5 Å². The molecule has 1 unspecified atom stereocenters. The Morgan fingerprint density at radius 2 is 2.33 bits per heavy atom. The second-order valence-corrected chi connectivity index (χ2v) is 2.73. The van der Waals surface area contributed by atoms with Gasteiger partial charge in [-0.1, -0.05) is 5.16 Å². The number of hydrogen-bond acceptors (Lipinski definition) is 5. The molecule has 84 valence electrons. The van der Waals surface area contributed by atoms with Crippen LogP contribution in [0.1, 0.15) is 13.8 Å². The standard InChI is InChI=1S/C8H13N3O4/c1-3-9-8(12)7(10-13)5-4-6(2)11(14)15/h4-6,13H,3H2,1-2H3,(H,9,12). The number of carbonyl (C=O) groups is 1. The van der Waals surface area contributed by atoms with E-state index in [9.17, 15) is 14.9 Å². The summed E-state index contributed by atoms with van der Waals surface area (Å²) in [4.78, 5) is 20.9. The Kier molecular flexibility index (Phi) is 5.69. The molecular formula is C8H13N3O4. The SMILES string of the molecule is CCNC(=O)C(C=CC(C)[N+](=O)[O-])=NO. The first-order valence-corrected chi connectivity index (χ1v) is 4.34. The molecule has 0 aliphatic carbocycles. The van der Waals surface area contributed by atoms with Gasteiger partial charge in [0.2, 0.25) is 6.04 Å². The molecule has 7 heteroatoms. The number of oxime groups is 1. The number of nitro groups is 1. The highest BCUT2D eigenvalue weighted by atomic mass is 16.6. The van der Waals surface area contributed by atoms with E-state index in [1.165, 1.54) is 13.0 Å². The topological polar surface area (TPSA) is 105 Å². The van der Waals surface area contributed by atoms with Crippen molar-refractivity contribution in [1.29, 1.82) is 0 Å². The quantitative estimate of drug-likeness (QED) is 0.295. The Morgan fingerprint density at radius 3 is 2.73 bits per heavy atom. The second-order valence-electron chi connectivity index (χ2n) is 2.73. The maximum atomic E-state index is 11.1. The van der Waals surface area contributed by atoms with Gasteiger partial charge in [-0.2, -0.15) is 0 Å². The van der Waals surface area contributed by atoms with Crippen molar-refractivity contribution in [3.63, 3.8) is 0 Å². The van der Waals surface area contributed by atoms with Crippen LogP contribution in [0.3, 0.4) is 0 Å². The molecule has 0 aliphatic rings. The van der Waals surface area contributed by atoms with Crippen LogP contribution in [-0.4, -0.2) is 34.3 Å². The highest BCUT2D eigenvalue weighted by Crippen LogP contribution is 1.92. The van der Waals surface area contributed by atoms with Gasteiger partial charge < -0.3 is 10.5 Å². The van der Waals surface area contributed by atoms with Gasteiger partial charge in [0.25, 0.3) is 5.91 Å². The normalized spacial score (nSPS) is 13.9. The van der Waals surface area contributed by atoms with Crippen LogP contribution in [0.4, 0.5) is 0 Å². The highest BCUT2D eigenvalue weighted by molar-refractivity contribution is 6.43. The van der Waals surface area contributed by atoms with Crippen LogP contribution >= 0.6 is 0 Å². The molecule has 0 bridgehead atoms. The van der Waals surface area contributed by atoms with Gasteiger partial charge in [0.05, 0.1) is 0 Å². The van der Waals surface area contributed by atoms with Crippen LogP contribution in [0.15, 0.2) is 17.3 Å². The lowest BCUT2D eigenvalue weighted by Gasteiger charge is -2.00. The molecule has 0 saturated heterocycles. The summed E-state index contributed by atoms with van der Waals surface area (Å²) < 4.78 is 0. The minimum atomic E-state index is -0.934. The summed E-state index contributed by atoms with van der Waals surface area (Å²) in [7, 11) is 0. The summed E-state index contributed by atoms with van der Waals surface area (Å²) in [5.41, 5.74) is -0.259. The molecular weight excluding hydrogens is 202 g/mol. The van der Waals surface area contributed by atoms with Gasteiger partial charge in [0.1, 0.15) is 0 Å². The van der Waals surface area contributed by atoms with Crippen LogP contribution < -0.4 is 5.32 Å². The molecule has 0 spiro atoms. The molecule has 0 heterocycles. The minimum Gasteiger partial charge on any atom is -0.410 e. The second kappa shape index (κ2) is 6.52. The molecule has 0 fully saturated rings. The van der Waals surface area contributed by atoms with E-state index in [0.717, 1.165) is 6.08 Å². The molecule has 1 atom stereocenters. The number of amides is 1. The maximum Gasteiger partial charge on any atom is 0.273 e. The van der Waals surface area contributed by atoms with Gasteiger partial charge in [0, 0.05) is 18.4 Å². The van der Waals surface area contributed by atoms with Crippen molar-refractivity contribution in [1.82, 2.24) is 5.32 Å². The maximum absolute atomic E-state index is 11.1. The fraction of sp³-hybridized carbons (Fsp3) is 0.500. The third kappa shape index (κ3) is 4.75. The molecule has 2 N–H and O–H groups in total. The predicted molar refractivity (Wildman–Crippen MR) is 53.5 cm³/mol. The summed E-state index contributed by atoms with van der Waals surface area (Å²) in [6, 6.07) is -0.934. The van der Waals surface area contributed by atoms with Gasteiger partial charge in [-0.25, -0.2) is 0 Å². The average molecular weight is 215 g/mol. The van der Waals surface area contributed by atoms with E-state index < -0.39 is 16.9 Å². The Labute approximate surface area is 86.6 Å². The monoisotopic (exact) mass is 215 g/mol. The molecule has 0 aliphatic heterocycles. The zero-order chi connectivity index (χ0) is 11.8. The van der Waals surface area contributed by atoms with Gasteiger partial charge >= 0.3 is 0 Å². The molecule has 1 amide bonds. The van der Waals surface area contributed by atoms with E-state index in [4.69, 9.17) is 5.21 Å².